The molecule has 6 aliphatic rings. The largest absolute Gasteiger partial charge is 0.513 e. The lowest BCUT2D eigenvalue weighted by atomic mass is 9.75. The molecule has 1 aliphatic carbocycles. The number of aliphatic hydroxyl groups is 8. The summed E-state index contributed by atoms with van der Waals surface area (Å²) in [5.41, 5.74) is -1.54. The molecule has 0 bridgehead atoms. The van der Waals surface area contributed by atoms with Gasteiger partial charge in [-0.15, -0.1) is 0 Å². The molecule has 26 nitrogen and oxygen atoms in total. The van der Waals surface area contributed by atoms with Crippen LogP contribution >= 0.6 is 0 Å². The van der Waals surface area contributed by atoms with Crippen molar-refractivity contribution in [1.82, 2.24) is 0 Å². The van der Waals surface area contributed by atoms with Crippen molar-refractivity contribution in [2.24, 2.45) is 5.92 Å². The molecule has 26 heteroatoms. The number of ether oxygens (including phenoxy) is 13. The Morgan fingerprint density at radius 2 is 1.20 bits per heavy atom. The first kappa shape index (κ1) is 63.7. The molecule has 5 unspecified atom stereocenters. The van der Waals surface area contributed by atoms with E-state index in [-0.39, 0.29) is 71.7 Å². The zero-order valence-electron chi connectivity index (χ0n) is 47.4. The molecular weight excluding hydrogens is 1090 g/mol. The van der Waals surface area contributed by atoms with Gasteiger partial charge in [0, 0.05) is 50.7 Å². The minimum Gasteiger partial charge on any atom is -0.507 e. The average Bonchev–Trinajstić information content (AvgIpc) is 1.57. The number of rotatable bonds is 17. The summed E-state index contributed by atoms with van der Waals surface area (Å²) in [6, 6.07) is 3.00. The molecule has 2 aromatic carbocycles. The minimum atomic E-state index is -1.96. The Kier molecular flexibility index (Phi) is 20.3. The molecular formula is C56H80O26. The second-order valence-corrected chi connectivity index (χ2v) is 22.6. The van der Waals surface area contributed by atoms with E-state index >= 15 is 4.79 Å². The van der Waals surface area contributed by atoms with Crippen molar-refractivity contribution in [3.8, 4) is 17.2 Å². The average molecular weight is 1170 g/mol. The Morgan fingerprint density at radius 1 is 0.707 bits per heavy atom. The van der Waals surface area contributed by atoms with Gasteiger partial charge in [-0.2, -0.15) is 0 Å². The van der Waals surface area contributed by atoms with Gasteiger partial charge in [-0.1, -0.05) is 6.08 Å². The number of Topliss-reactive ketones (excluding diaryl/α,β-unsaturated/α-hetero) is 2. The van der Waals surface area contributed by atoms with Crippen LogP contribution in [0.1, 0.15) is 109 Å². The van der Waals surface area contributed by atoms with Crippen LogP contribution in [0.3, 0.4) is 0 Å². The lowest BCUT2D eigenvalue weighted by Crippen LogP contribution is -2.58. The van der Waals surface area contributed by atoms with E-state index in [4.69, 9.17) is 61.6 Å². The van der Waals surface area contributed by atoms with Gasteiger partial charge in [-0.3, -0.25) is 9.59 Å². The summed E-state index contributed by atoms with van der Waals surface area (Å²) in [4.78, 5) is 41.3. The third-order valence-corrected chi connectivity index (χ3v) is 16.4. The Morgan fingerprint density at radius 3 is 1.72 bits per heavy atom. The van der Waals surface area contributed by atoms with Crippen LogP contribution in [0.4, 0.5) is 4.79 Å². The number of benzene rings is 2. The number of carbonyl (C=O) groups is 3. The van der Waals surface area contributed by atoms with Crippen LogP contribution in [0.15, 0.2) is 24.5 Å². The first-order valence-electron chi connectivity index (χ1n) is 27.8. The van der Waals surface area contributed by atoms with E-state index in [0.717, 1.165) is 6.26 Å². The molecule has 0 amide bonds. The van der Waals surface area contributed by atoms with Gasteiger partial charge in [-0.25, -0.2) is 4.79 Å². The molecule has 0 spiro atoms. The summed E-state index contributed by atoms with van der Waals surface area (Å²) in [7, 11) is 1.17. The highest BCUT2D eigenvalue weighted by atomic mass is 16.8. The highest BCUT2D eigenvalue weighted by Gasteiger charge is 2.52. The second kappa shape index (κ2) is 26.1. The molecule has 5 aliphatic heterocycles. The van der Waals surface area contributed by atoms with E-state index in [1.807, 2.05) is 0 Å². The number of aliphatic hydroxyl groups excluding tert-OH is 7. The maximum atomic E-state index is 15.1. The Balaban J connectivity index is 1.03. The predicted octanol–water partition coefficient (Wildman–Crippen LogP) is 1.45. The van der Waals surface area contributed by atoms with Crippen LogP contribution in [0, 0.1) is 12.8 Å². The number of allylic oxidation sites excluding steroid dienone is 1. The number of hydrogen-bond acceptors (Lipinski definition) is 26. The van der Waals surface area contributed by atoms with Gasteiger partial charge >= 0.3 is 6.16 Å². The third kappa shape index (κ3) is 13.5. The van der Waals surface area contributed by atoms with Gasteiger partial charge in [0.25, 0.3) is 0 Å². The maximum absolute atomic E-state index is 15.1. The molecule has 0 radical (unpaired) electrons. The molecule has 82 heavy (non-hydrogen) atoms. The molecule has 5 heterocycles. The molecule has 8 rings (SSSR count). The maximum Gasteiger partial charge on any atom is 0.513 e. The third-order valence-electron chi connectivity index (χ3n) is 16.4. The minimum absolute atomic E-state index is 0.0676. The first-order valence-corrected chi connectivity index (χ1v) is 27.8. The van der Waals surface area contributed by atoms with E-state index in [1.165, 1.54) is 53.0 Å². The van der Waals surface area contributed by atoms with E-state index in [9.17, 15) is 60.7 Å². The summed E-state index contributed by atoms with van der Waals surface area (Å²) >= 11 is 0. The monoisotopic (exact) mass is 1170 g/mol. The highest BCUT2D eigenvalue weighted by molar-refractivity contribution is 6.11. The predicted molar refractivity (Wildman–Crippen MR) is 279 cm³/mol. The van der Waals surface area contributed by atoms with Crippen LogP contribution in [-0.4, -0.2) is 223 Å². The van der Waals surface area contributed by atoms with Gasteiger partial charge in [0.2, 0.25) is 6.29 Å². The molecule has 0 saturated carbocycles. The van der Waals surface area contributed by atoms with Crippen LogP contribution in [0.2, 0.25) is 0 Å². The summed E-state index contributed by atoms with van der Waals surface area (Å²) in [5, 5.41) is 111. The zero-order valence-corrected chi connectivity index (χ0v) is 47.4. The molecule has 10 N–H and O–H groups in total. The molecule has 25 atom stereocenters. The SMILES string of the molecule is C/C=C/OC(=O)O[C@@H]1C[C@H](O[C@@H]2C[C@H](Oc3cc4cc5c(c(O)c4c(O)c3C)C(=O)[C@@H](O[C@H]3C[C@@H](O[C@H]4C[C@@H](O[C@H]6C[C@](C)(O)[C@H](O)C(C)O6)[C@@H](O)C(C)O4)[C@H](O)C(C)O3)[C@H]([C@H](OC)C(=O)[C@@H](O)[C@@H](C)O)C5)OC(C)[C@H]2O)OC(C)[C@H]1O. The molecule has 460 valence electrons. The number of methoxy groups -OCH3 is 1. The van der Waals surface area contributed by atoms with Crippen LogP contribution < -0.4 is 4.74 Å². The zero-order chi connectivity index (χ0) is 60.0. The summed E-state index contributed by atoms with van der Waals surface area (Å²) in [6.07, 6.45) is -26.3. The number of fused-ring (bicyclic) bond motifs is 2. The van der Waals surface area contributed by atoms with Crippen molar-refractivity contribution in [2.45, 2.75) is 248 Å². The van der Waals surface area contributed by atoms with Crippen LogP contribution in [0.5, 0.6) is 17.2 Å². The van der Waals surface area contributed by atoms with Crippen molar-refractivity contribution in [3.05, 3.63) is 41.2 Å². The standard InChI is InChI=1S/C56H80O26/c1-11-12-71-55(68)81-35-19-38(74-26(7)48(35)63)78-32-16-36(72-23(4)45(32)60)77-31-15-29-13-28-14-30(52(70-10)51(66)44(59)22(3)57)53(50(65)42(28)49(64)41(29)43(58)21(31)2)82-39-18-33(46(61)25(6)75-39)79-37-17-34(47(62)24(5)73-37)80-40-20-56(9,69)54(67)27(8)76-40/h11-13,15,22-27,30,32-40,44-48,52-54,57-64,67,69H,14,16-20H2,1-10H3/b12-11+/t22-,23?,24?,25?,26?,27?,30+,32-,33-,34-,35-,36+,37+,38+,39+,40+,44+,45-,46-,47+,48-,52+,53+,54-,56+/m1/s1. The smallest absolute Gasteiger partial charge is 0.507 e. The normalized spacial score (nSPS) is 40.2. The van der Waals surface area contributed by atoms with Gasteiger partial charge in [0.1, 0.15) is 72.2 Å². The van der Waals surface area contributed by atoms with Crippen LogP contribution in [-0.2, 0) is 68.1 Å². The van der Waals surface area contributed by atoms with Crippen molar-refractivity contribution in [1.29, 1.82) is 0 Å². The fourth-order valence-corrected chi connectivity index (χ4v) is 11.7. The second-order valence-electron chi connectivity index (χ2n) is 22.6. The van der Waals surface area contributed by atoms with E-state index < -0.39 is 182 Å². The number of phenols is 2. The fraction of sp³-hybridized carbons (Fsp3) is 0.732. The lowest BCUT2D eigenvalue weighted by Gasteiger charge is -2.46. The van der Waals surface area contributed by atoms with Gasteiger partial charge in [0.15, 0.2) is 36.7 Å². The van der Waals surface area contributed by atoms with Crippen molar-refractivity contribution >= 4 is 28.5 Å². The Bertz CT molecular complexity index is 2590. The van der Waals surface area contributed by atoms with E-state index in [1.54, 1.807) is 34.6 Å². The highest BCUT2D eigenvalue weighted by Crippen LogP contribution is 2.48. The summed E-state index contributed by atoms with van der Waals surface area (Å²) in [5.74, 6) is -4.19. The topological polar surface area (TPSA) is 374 Å². The quantitative estimate of drug-likeness (QED) is 0.0791. The lowest BCUT2D eigenvalue weighted by molar-refractivity contribution is -0.334. The Hall–Kier alpha value is -4.27. The summed E-state index contributed by atoms with van der Waals surface area (Å²) < 4.78 is 77.1. The number of ketones is 2. The molecule has 2 aromatic rings. The van der Waals surface area contributed by atoms with Crippen molar-refractivity contribution in [3.63, 3.8) is 0 Å². The molecule has 0 aromatic heterocycles. The van der Waals surface area contributed by atoms with E-state index in [0.29, 0.717) is 0 Å². The van der Waals surface area contributed by atoms with Gasteiger partial charge < -0.3 is 113 Å². The van der Waals surface area contributed by atoms with Crippen LogP contribution in [0.25, 0.3) is 10.8 Å². The van der Waals surface area contributed by atoms with Crippen molar-refractivity contribution in [2.75, 3.05) is 7.11 Å². The molecule has 5 saturated heterocycles. The van der Waals surface area contributed by atoms with Gasteiger partial charge in [0.05, 0.1) is 77.7 Å². The number of carbonyl (C=O) groups excluding carboxylic acids is 3. The Labute approximate surface area is 473 Å². The number of hydrogen-bond donors (Lipinski definition) is 10. The fourth-order valence-electron chi connectivity index (χ4n) is 11.7. The van der Waals surface area contributed by atoms with Crippen molar-refractivity contribution < 1.29 is 127 Å². The van der Waals surface area contributed by atoms with E-state index in [2.05, 4.69) is 0 Å². The first-order chi connectivity index (χ1) is 38.6. The summed E-state index contributed by atoms with van der Waals surface area (Å²) in [6.45, 7) is 13.6. The number of phenolic OH excluding ortho intramolecular Hbond substituents is 2. The molecule has 5 fully saturated rings. The number of aromatic hydroxyl groups is 2. The van der Waals surface area contributed by atoms with Gasteiger partial charge in [-0.05, 0) is 91.8 Å².